The summed E-state index contributed by atoms with van der Waals surface area (Å²) >= 11 is 0. The zero-order valence-corrected chi connectivity index (χ0v) is 14.2. The van der Waals surface area contributed by atoms with Crippen molar-refractivity contribution in [3.05, 3.63) is 83.9 Å². The van der Waals surface area contributed by atoms with E-state index in [9.17, 15) is 9.59 Å². The van der Waals surface area contributed by atoms with Gasteiger partial charge in [-0.3, -0.25) is 9.59 Å². The summed E-state index contributed by atoms with van der Waals surface area (Å²) in [5.41, 5.74) is 8.20. The first-order chi connectivity index (χ1) is 12.6. The van der Waals surface area contributed by atoms with Crippen LogP contribution in [0.1, 0.15) is 20.7 Å². The van der Waals surface area contributed by atoms with Gasteiger partial charge in [0.2, 0.25) is 0 Å². The molecule has 0 fully saturated rings. The molecule has 3 N–H and O–H groups in total. The summed E-state index contributed by atoms with van der Waals surface area (Å²) in [5.74, 6) is -0.478. The summed E-state index contributed by atoms with van der Waals surface area (Å²) in [7, 11) is 1.49. The number of carbonyl (C=O) groups excluding carboxylic acids is 2. The quantitative estimate of drug-likeness (QED) is 0.739. The van der Waals surface area contributed by atoms with Gasteiger partial charge in [0, 0.05) is 5.56 Å². The third-order valence-corrected chi connectivity index (χ3v) is 4.00. The molecule has 5 heteroatoms. The molecule has 0 aliphatic carbocycles. The maximum Gasteiger partial charge on any atom is 0.256 e. The summed E-state index contributed by atoms with van der Waals surface area (Å²) in [6, 6.07) is 21.7. The van der Waals surface area contributed by atoms with E-state index in [0.717, 1.165) is 11.1 Å². The molecule has 0 unspecified atom stereocenters. The first-order valence-electron chi connectivity index (χ1n) is 8.04. The fourth-order valence-electron chi connectivity index (χ4n) is 2.70. The Morgan fingerprint density at radius 2 is 1.58 bits per heavy atom. The predicted molar refractivity (Wildman–Crippen MR) is 101 cm³/mol. The van der Waals surface area contributed by atoms with E-state index in [0.29, 0.717) is 17.0 Å². The molecule has 0 aliphatic heterocycles. The van der Waals surface area contributed by atoms with Crippen LogP contribution in [0.25, 0.3) is 11.1 Å². The van der Waals surface area contributed by atoms with E-state index in [1.165, 1.54) is 13.2 Å². The molecule has 0 heterocycles. The van der Waals surface area contributed by atoms with Crippen LogP contribution in [-0.4, -0.2) is 18.9 Å². The Bertz CT molecular complexity index is 952. The fraction of sp³-hybridized carbons (Fsp3) is 0.0476. The van der Waals surface area contributed by atoms with Gasteiger partial charge in [-0.25, -0.2) is 0 Å². The standard InChI is InChI=1S/C21H18N2O3/c1-26-15-11-12-19(18(13-15)20(22)24)23-21(25)17-10-6-5-9-16(17)14-7-3-2-4-8-14/h2-13H,1H3,(H2,22,24)(H,23,25). The van der Waals surface area contributed by atoms with Crippen molar-refractivity contribution in [3.63, 3.8) is 0 Å². The van der Waals surface area contributed by atoms with Crippen LogP contribution in [0.2, 0.25) is 0 Å². The Morgan fingerprint density at radius 1 is 0.885 bits per heavy atom. The first-order valence-corrected chi connectivity index (χ1v) is 8.04. The number of ether oxygens (including phenoxy) is 1. The molecule has 0 saturated heterocycles. The van der Waals surface area contributed by atoms with Gasteiger partial charge in [0.1, 0.15) is 5.75 Å². The number of hydrogen-bond acceptors (Lipinski definition) is 3. The van der Waals surface area contributed by atoms with Gasteiger partial charge in [-0.1, -0.05) is 48.5 Å². The summed E-state index contributed by atoms with van der Waals surface area (Å²) in [6.45, 7) is 0. The van der Waals surface area contributed by atoms with Gasteiger partial charge in [-0.15, -0.1) is 0 Å². The Morgan fingerprint density at radius 3 is 2.27 bits per heavy atom. The Balaban J connectivity index is 1.97. The van der Waals surface area contributed by atoms with Gasteiger partial charge in [0.05, 0.1) is 18.4 Å². The molecule has 0 saturated carbocycles. The summed E-state index contributed by atoms with van der Waals surface area (Å²) in [6.07, 6.45) is 0. The second-order valence-electron chi connectivity index (χ2n) is 5.64. The van der Waals surface area contributed by atoms with Crippen molar-refractivity contribution >= 4 is 17.5 Å². The van der Waals surface area contributed by atoms with Crippen LogP contribution in [-0.2, 0) is 0 Å². The topological polar surface area (TPSA) is 81.4 Å². The second-order valence-corrected chi connectivity index (χ2v) is 5.64. The maximum absolute atomic E-state index is 12.8. The lowest BCUT2D eigenvalue weighted by Crippen LogP contribution is -2.19. The second kappa shape index (κ2) is 7.53. The summed E-state index contributed by atoms with van der Waals surface area (Å²) in [4.78, 5) is 24.6. The van der Waals surface area contributed by atoms with Crippen LogP contribution in [0.3, 0.4) is 0 Å². The van der Waals surface area contributed by atoms with Crippen molar-refractivity contribution in [2.75, 3.05) is 12.4 Å². The normalized spacial score (nSPS) is 10.2. The number of amides is 2. The molecule has 2 amide bonds. The van der Waals surface area contributed by atoms with Gasteiger partial charge in [-0.2, -0.15) is 0 Å². The minimum absolute atomic E-state index is 0.190. The lowest BCUT2D eigenvalue weighted by Gasteiger charge is -2.13. The minimum Gasteiger partial charge on any atom is -0.497 e. The van der Waals surface area contributed by atoms with E-state index < -0.39 is 5.91 Å². The molecule has 3 aromatic carbocycles. The zero-order valence-electron chi connectivity index (χ0n) is 14.2. The highest BCUT2D eigenvalue weighted by atomic mass is 16.5. The molecule has 0 atom stereocenters. The van der Waals surface area contributed by atoms with Crippen LogP contribution < -0.4 is 15.8 Å². The number of primary amides is 1. The monoisotopic (exact) mass is 346 g/mol. The first kappa shape index (κ1) is 17.2. The van der Waals surface area contributed by atoms with Crippen molar-refractivity contribution < 1.29 is 14.3 Å². The number of anilines is 1. The molecule has 3 aromatic rings. The van der Waals surface area contributed by atoms with Gasteiger partial charge in [0.25, 0.3) is 11.8 Å². The third kappa shape index (κ3) is 3.57. The number of benzene rings is 3. The Labute approximate surface area is 151 Å². The molecule has 5 nitrogen and oxygen atoms in total. The van der Waals surface area contributed by atoms with E-state index in [1.807, 2.05) is 42.5 Å². The molecule has 130 valence electrons. The average molecular weight is 346 g/mol. The molecule has 26 heavy (non-hydrogen) atoms. The van der Waals surface area contributed by atoms with E-state index >= 15 is 0 Å². The van der Waals surface area contributed by atoms with Crippen molar-refractivity contribution in [2.24, 2.45) is 5.73 Å². The number of methoxy groups -OCH3 is 1. The average Bonchev–Trinajstić information content (AvgIpc) is 2.68. The molecule has 0 aromatic heterocycles. The van der Waals surface area contributed by atoms with Crippen molar-refractivity contribution in [1.82, 2.24) is 0 Å². The summed E-state index contributed by atoms with van der Waals surface area (Å²) < 4.78 is 5.11. The number of rotatable bonds is 5. The molecular weight excluding hydrogens is 328 g/mol. The van der Waals surface area contributed by atoms with E-state index in [1.54, 1.807) is 24.3 Å². The smallest absolute Gasteiger partial charge is 0.256 e. The third-order valence-electron chi connectivity index (χ3n) is 4.00. The minimum atomic E-state index is -0.643. The summed E-state index contributed by atoms with van der Waals surface area (Å²) in [5, 5.41) is 2.77. The van der Waals surface area contributed by atoms with E-state index in [-0.39, 0.29) is 11.5 Å². The van der Waals surface area contributed by atoms with Crippen LogP contribution in [0.15, 0.2) is 72.8 Å². The highest BCUT2D eigenvalue weighted by Crippen LogP contribution is 2.26. The van der Waals surface area contributed by atoms with Crippen LogP contribution in [0.5, 0.6) is 5.75 Å². The lowest BCUT2D eigenvalue weighted by molar-refractivity contribution is 0.100. The van der Waals surface area contributed by atoms with Gasteiger partial charge >= 0.3 is 0 Å². The van der Waals surface area contributed by atoms with Crippen LogP contribution in [0.4, 0.5) is 5.69 Å². The zero-order chi connectivity index (χ0) is 18.5. The van der Waals surface area contributed by atoms with Crippen LogP contribution >= 0.6 is 0 Å². The molecule has 3 rings (SSSR count). The molecule has 0 bridgehead atoms. The number of carbonyl (C=O) groups is 2. The van der Waals surface area contributed by atoms with Crippen molar-refractivity contribution in [1.29, 1.82) is 0 Å². The molecule has 0 spiro atoms. The van der Waals surface area contributed by atoms with Gasteiger partial charge < -0.3 is 15.8 Å². The Kier molecular flexibility index (Phi) is 4.99. The predicted octanol–water partition coefficient (Wildman–Crippen LogP) is 3.71. The molecule has 0 radical (unpaired) electrons. The van der Waals surface area contributed by atoms with Crippen LogP contribution in [0, 0.1) is 0 Å². The SMILES string of the molecule is COc1ccc(NC(=O)c2ccccc2-c2ccccc2)c(C(N)=O)c1. The number of nitrogens with two attached hydrogens (primary N) is 1. The fourth-order valence-corrected chi connectivity index (χ4v) is 2.70. The number of nitrogens with one attached hydrogen (secondary N) is 1. The van der Waals surface area contributed by atoms with Gasteiger partial charge in [-0.05, 0) is 35.4 Å². The van der Waals surface area contributed by atoms with Gasteiger partial charge in [0.15, 0.2) is 0 Å². The van der Waals surface area contributed by atoms with E-state index in [4.69, 9.17) is 10.5 Å². The lowest BCUT2D eigenvalue weighted by atomic mass is 9.99. The highest BCUT2D eigenvalue weighted by molar-refractivity contribution is 6.11. The Hall–Kier alpha value is -3.60. The van der Waals surface area contributed by atoms with Crippen molar-refractivity contribution in [2.45, 2.75) is 0 Å². The highest BCUT2D eigenvalue weighted by Gasteiger charge is 2.16. The van der Waals surface area contributed by atoms with E-state index in [2.05, 4.69) is 5.32 Å². The largest absolute Gasteiger partial charge is 0.497 e. The maximum atomic E-state index is 12.8. The number of hydrogen-bond donors (Lipinski definition) is 2. The van der Waals surface area contributed by atoms with Crippen molar-refractivity contribution in [3.8, 4) is 16.9 Å². The molecular formula is C21H18N2O3. The molecule has 0 aliphatic rings.